The third-order valence-electron chi connectivity index (χ3n) is 3.91. The van der Waals surface area contributed by atoms with Crippen LogP contribution in [0.4, 0.5) is 4.79 Å². The lowest BCUT2D eigenvalue weighted by Crippen LogP contribution is -2.35. The number of carboxylic acid groups (broad SMARTS) is 1. The van der Waals surface area contributed by atoms with E-state index in [4.69, 9.17) is 9.47 Å². The molecule has 24 heavy (non-hydrogen) atoms. The molecule has 6 heteroatoms. The van der Waals surface area contributed by atoms with Crippen molar-refractivity contribution in [1.82, 2.24) is 4.90 Å². The number of benzene rings is 1. The van der Waals surface area contributed by atoms with Crippen molar-refractivity contribution in [2.45, 2.75) is 39.2 Å². The van der Waals surface area contributed by atoms with Gasteiger partial charge in [-0.2, -0.15) is 0 Å². The molecule has 1 aliphatic rings. The quantitative estimate of drug-likeness (QED) is 0.915. The Morgan fingerprint density at radius 3 is 2.50 bits per heavy atom. The third-order valence-corrected chi connectivity index (χ3v) is 3.91. The molecule has 6 nitrogen and oxygen atoms in total. The van der Waals surface area contributed by atoms with E-state index in [9.17, 15) is 14.7 Å². The Bertz CT molecular complexity index is 608. The number of carbonyl (C=O) groups is 2. The first-order valence-electron chi connectivity index (χ1n) is 8.15. The highest BCUT2D eigenvalue weighted by Gasteiger charge is 2.42. The summed E-state index contributed by atoms with van der Waals surface area (Å²) in [5.74, 6) is -1.25. The molecule has 1 aliphatic heterocycles. The number of para-hydroxylation sites is 1. The number of carboxylic acids is 1. The SMILES string of the molecule is CCOc1ccccc1[C@H]1CN(C(=O)OC(C)(C)C)C[C@H]1C(=O)O. The molecule has 2 atom stereocenters. The van der Waals surface area contributed by atoms with E-state index in [0.717, 1.165) is 5.56 Å². The minimum absolute atomic E-state index is 0.134. The van der Waals surface area contributed by atoms with E-state index in [1.54, 1.807) is 20.8 Å². The molecule has 132 valence electrons. The van der Waals surface area contributed by atoms with Gasteiger partial charge in [0.2, 0.25) is 0 Å². The van der Waals surface area contributed by atoms with Gasteiger partial charge < -0.3 is 19.5 Å². The summed E-state index contributed by atoms with van der Waals surface area (Å²) in [5.41, 5.74) is 0.203. The van der Waals surface area contributed by atoms with Crippen LogP contribution in [0.2, 0.25) is 0 Å². The van der Waals surface area contributed by atoms with E-state index in [0.29, 0.717) is 18.9 Å². The van der Waals surface area contributed by atoms with E-state index in [2.05, 4.69) is 0 Å². The topological polar surface area (TPSA) is 76.1 Å². The van der Waals surface area contributed by atoms with Crippen LogP contribution >= 0.6 is 0 Å². The second-order valence-corrected chi connectivity index (χ2v) is 6.91. The average Bonchev–Trinajstić information content (AvgIpc) is 2.92. The highest BCUT2D eigenvalue weighted by molar-refractivity contribution is 5.76. The van der Waals surface area contributed by atoms with Gasteiger partial charge in [-0.3, -0.25) is 4.79 Å². The lowest BCUT2D eigenvalue weighted by Gasteiger charge is -2.24. The normalized spacial score (nSPS) is 20.8. The van der Waals surface area contributed by atoms with Crippen molar-refractivity contribution >= 4 is 12.1 Å². The zero-order chi connectivity index (χ0) is 17.9. The molecule has 0 unspecified atom stereocenters. The van der Waals surface area contributed by atoms with Crippen LogP contribution in [0, 0.1) is 5.92 Å². The van der Waals surface area contributed by atoms with Crippen LogP contribution in [0.25, 0.3) is 0 Å². The van der Waals surface area contributed by atoms with Crippen molar-refractivity contribution in [2.75, 3.05) is 19.7 Å². The molecule has 0 radical (unpaired) electrons. The van der Waals surface area contributed by atoms with Crippen LogP contribution in [-0.2, 0) is 9.53 Å². The van der Waals surface area contributed by atoms with Gasteiger partial charge in [-0.1, -0.05) is 18.2 Å². The lowest BCUT2D eigenvalue weighted by atomic mass is 9.88. The Balaban J connectivity index is 2.26. The molecule has 1 N–H and O–H groups in total. The van der Waals surface area contributed by atoms with Crippen molar-refractivity contribution in [3.05, 3.63) is 29.8 Å². The summed E-state index contributed by atoms with van der Waals surface area (Å²) in [6, 6.07) is 7.40. The molecule has 2 rings (SSSR count). The molecule has 0 saturated carbocycles. The summed E-state index contributed by atoms with van der Waals surface area (Å²) in [6.07, 6.45) is -0.481. The van der Waals surface area contributed by atoms with Crippen LogP contribution in [0.1, 0.15) is 39.2 Å². The predicted molar refractivity (Wildman–Crippen MR) is 89.3 cm³/mol. The summed E-state index contributed by atoms with van der Waals surface area (Å²) in [7, 11) is 0. The van der Waals surface area contributed by atoms with E-state index < -0.39 is 23.6 Å². The van der Waals surface area contributed by atoms with Crippen molar-refractivity contribution in [3.8, 4) is 5.75 Å². The number of aliphatic carboxylic acids is 1. The fourth-order valence-electron chi connectivity index (χ4n) is 2.92. The molecule has 1 amide bonds. The number of nitrogens with zero attached hydrogens (tertiary/aromatic N) is 1. The van der Waals surface area contributed by atoms with Crippen LogP contribution in [0.5, 0.6) is 5.75 Å². The zero-order valence-corrected chi connectivity index (χ0v) is 14.6. The first kappa shape index (κ1) is 18.1. The van der Waals surface area contributed by atoms with Crippen LogP contribution in [0.15, 0.2) is 24.3 Å². The highest BCUT2D eigenvalue weighted by Crippen LogP contribution is 2.38. The first-order chi connectivity index (χ1) is 11.2. The maximum absolute atomic E-state index is 12.3. The minimum atomic E-state index is -0.919. The average molecular weight is 335 g/mol. The van der Waals surface area contributed by atoms with Crippen molar-refractivity contribution < 1.29 is 24.2 Å². The van der Waals surface area contributed by atoms with Gasteiger partial charge in [0, 0.05) is 19.0 Å². The van der Waals surface area contributed by atoms with Crippen LogP contribution in [-0.4, -0.2) is 47.4 Å². The Morgan fingerprint density at radius 2 is 1.92 bits per heavy atom. The number of rotatable bonds is 4. The van der Waals surface area contributed by atoms with E-state index in [1.807, 2.05) is 31.2 Å². The fourth-order valence-corrected chi connectivity index (χ4v) is 2.92. The first-order valence-corrected chi connectivity index (χ1v) is 8.15. The maximum atomic E-state index is 12.3. The van der Waals surface area contributed by atoms with Gasteiger partial charge in [-0.25, -0.2) is 4.79 Å². The van der Waals surface area contributed by atoms with Crippen LogP contribution in [0.3, 0.4) is 0 Å². The smallest absolute Gasteiger partial charge is 0.410 e. The Kier molecular flexibility index (Phi) is 5.36. The van der Waals surface area contributed by atoms with E-state index in [1.165, 1.54) is 4.90 Å². The maximum Gasteiger partial charge on any atom is 0.410 e. The number of ether oxygens (including phenoxy) is 2. The Labute approximate surface area is 142 Å². The molecule has 0 aliphatic carbocycles. The largest absolute Gasteiger partial charge is 0.494 e. The molecular formula is C18H25NO5. The molecule has 1 heterocycles. The second-order valence-electron chi connectivity index (χ2n) is 6.91. The number of hydrogen-bond donors (Lipinski definition) is 1. The molecule has 1 fully saturated rings. The fraction of sp³-hybridized carbons (Fsp3) is 0.556. The predicted octanol–water partition coefficient (Wildman–Crippen LogP) is 3.12. The monoisotopic (exact) mass is 335 g/mol. The summed E-state index contributed by atoms with van der Waals surface area (Å²) in [4.78, 5) is 25.5. The van der Waals surface area contributed by atoms with Crippen molar-refractivity contribution in [3.63, 3.8) is 0 Å². The van der Waals surface area contributed by atoms with Gasteiger partial charge in [0.05, 0.1) is 12.5 Å². The van der Waals surface area contributed by atoms with Gasteiger partial charge in [-0.05, 0) is 39.3 Å². The molecule has 1 aromatic rings. The molecule has 1 saturated heterocycles. The van der Waals surface area contributed by atoms with Crippen LogP contribution < -0.4 is 4.74 Å². The second kappa shape index (κ2) is 7.11. The van der Waals surface area contributed by atoms with Gasteiger partial charge >= 0.3 is 12.1 Å². The molecular weight excluding hydrogens is 310 g/mol. The van der Waals surface area contributed by atoms with Crippen molar-refractivity contribution in [1.29, 1.82) is 0 Å². The third kappa shape index (κ3) is 4.19. The van der Waals surface area contributed by atoms with Crippen molar-refractivity contribution in [2.24, 2.45) is 5.92 Å². The minimum Gasteiger partial charge on any atom is -0.494 e. The molecule has 0 aromatic heterocycles. The van der Waals surface area contributed by atoms with E-state index >= 15 is 0 Å². The van der Waals surface area contributed by atoms with Gasteiger partial charge in [0.25, 0.3) is 0 Å². The Hall–Kier alpha value is -2.24. The standard InChI is InChI=1S/C18H25NO5/c1-5-23-15-9-7-6-8-12(15)13-10-19(11-14(13)16(20)21)17(22)24-18(2,3)4/h6-9,13-14H,5,10-11H2,1-4H3,(H,20,21)/t13-,14-/m1/s1. The summed E-state index contributed by atoms with van der Waals surface area (Å²) in [6.45, 7) is 8.18. The Morgan fingerprint density at radius 1 is 1.25 bits per heavy atom. The zero-order valence-electron chi connectivity index (χ0n) is 14.6. The van der Waals surface area contributed by atoms with Gasteiger partial charge in [-0.15, -0.1) is 0 Å². The molecule has 0 spiro atoms. The summed E-state index contributed by atoms with van der Waals surface area (Å²) in [5, 5.41) is 9.58. The number of hydrogen-bond acceptors (Lipinski definition) is 4. The lowest BCUT2D eigenvalue weighted by molar-refractivity contribution is -0.141. The molecule has 0 bridgehead atoms. The number of likely N-dealkylation sites (tertiary alicyclic amines) is 1. The number of carbonyl (C=O) groups excluding carboxylic acids is 1. The summed E-state index contributed by atoms with van der Waals surface area (Å²) >= 11 is 0. The molecule has 1 aromatic carbocycles. The van der Waals surface area contributed by atoms with Gasteiger partial charge in [0.1, 0.15) is 11.4 Å². The highest BCUT2D eigenvalue weighted by atomic mass is 16.6. The number of amides is 1. The van der Waals surface area contributed by atoms with E-state index in [-0.39, 0.29) is 12.5 Å². The summed E-state index contributed by atoms with van der Waals surface area (Å²) < 4.78 is 11.0. The van der Waals surface area contributed by atoms with Gasteiger partial charge in [0.15, 0.2) is 0 Å².